The SMILES string of the molecule is O=C(CSCc1ccc([N+](=O)[O-])cc1)N/N=C\c1ccc(OC2CSC2)cc1. The van der Waals surface area contributed by atoms with Crippen molar-refractivity contribution in [1.29, 1.82) is 0 Å². The molecular weight excluding hydrogens is 398 g/mol. The van der Waals surface area contributed by atoms with Crippen LogP contribution in [-0.4, -0.2) is 40.4 Å². The van der Waals surface area contributed by atoms with Gasteiger partial charge in [-0.1, -0.05) is 12.1 Å². The molecule has 1 aliphatic heterocycles. The van der Waals surface area contributed by atoms with Gasteiger partial charge in [0.15, 0.2) is 0 Å². The lowest BCUT2D eigenvalue weighted by Crippen LogP contribution is -2.30. The first kappa shape index (κ1) is 20.2. The van der Waals surface area contributed by atoms with Crippen LogP contribution in [0.3, 0.4) is 0 Å². The predicted molar refractivity (Wildman–Crippen MR) is 113 cm³/mol. The van der Waals surface area contributed by atoms with E-state index in [2.05, 4.69) is 10.5 Å². The summed E-state index contributed by atoms with van der Waals surface area (Å²) < 4.78 is 5.78. The van der Waals surface area contributed by atoms with Gasteiger partial charge in [0.05, 0.1) is 16.9 Å². The maximum Gasteiger partial charge on any atom is 0.269 e. The number of nitrogens with one attached hydrogen (secondary N) is 1. The Bertz CT molecular complexity index is 837. The highest BCUT2D eigenvalue weighted by Crippen LogP contribution is 2.23. The van der Waals surface area contributed by atoms with Crippen molar-refractivity contribution < 1.29 is 14.5 Å². The average Bonchev–Trinajstić information content (AvgIpc) is 2.66. The lowest BCUT2D eigenvalue weighted by molar-refractivity contribution is -0.384. The number of ether oxygens (including phenoxy) is 1. The Balaban J connectivity index is 1.35. The van der Waals surface area contributed by atoms with Crippen LogP contribution < -0.4 is 10.2 Å². The van der Waals surface area contributed by atoms with Crippen molar-refractivity contribution in [2.24, 2.45) is 5.10 Å². The molecule has 0 aromatic heterocycles. The minimum atomic E-state index is -0.434. The molecule has 2 aromatic rings. The molecule has 0 unspecified atom stereocenters. The molecule has 9 heteroatoms. The Hall–Kier alpha value is -2.52. The van der Waals surface area contributed by atoms with Gasteiger partial charge in [0.2, 0.25) is 5.91 Å². The van der Waals surface area contributed by atoms with Crippen LogP contribution in [0.25, 0.3) is 0 Å². The zero-order valence-corrected chi connectivity index (χ0v) is 16.6. The molecule has 1 fully saturated rings. The second-order valence-corrected chi connectivity index (χ2v) is 8.12. The predicted octanol–water partition coefficient (Wildman–Crippen LogP) is 3.47. The average molecular weight is 418 g/mol. The second kappa shape index (κ2) is 10.1. The lowest BCUT2D eigenvalue weighted by atomic mass is 10.2. The van der Waals surface area contributed by atoms with Crippen LogP contribution >= 0.6 is 23.5 Å². The Labute approximate surface area is 171 Å². The Morgan fingerprint density at radius 3 is 2.57 bits per heavy atom. The molecule has 0 aliphatic carbocycles. The van der Waals surface area contributed by atoms with Crippen LogP contribution in [0.2, 0.25) is 0 Å². The largest absolute Gasteiger partial charge is 0.489 e. The number of hydrogen-bond donors (Lipinski definition) is 1. The number of hydrazone groups is 1. The van der Waals surface area contributed by atoms with Crippen LogP contribution in [0.5, 0.6) is 5.75 Å². The molecule has 146 valence electrons. The van der Waals surface area contributed by atoms with Gasteiger partial charge in [-0.25, -0.2) is 5.43 Å². The van der Waals surface area contributed by atoms with Crippen molar-refractivity contribution in [3.63, 3.8) is 0 Å². The maximum absolute atomic E-state index is 11.8. The number of nitro benzene ring substituents is 1. The molecule has 28 heavy (non-hydrogen) atoms. The van der Waals surface area contributed by atoms with Gasteiger partial charge in [0.1, 0.15) is 11.9 Å². The summed E-state index contributed by atoms with van der Waals surface area (Å²) in [6.45, 7) is 0. The van der Waals surface area contributed by atoms with Gasteiger partial charge < -0.3 is 4.74 Å². The van der Waals surface area contributed by atoms with E-state index in [1.807, 2.05) is 36.0 Å². The van der Waals surface area contributed by atoms with E-state index in [-0.39, 0.29) is 17.3 Å². The van der Waals surface area contributed by atoms with Gasteiger partial charge in [-0.05, 0) is 35.4 Å². The highest BCUT2D eigenvalue weighted by Gasteiger charge is 2.19. The Morgan fingerprint density at radius 2 is 1.96 bits per heavy atom. The van der Waals surface area contributed by atoms with Gasteiger partial charge in [0.25, 0.3) is 5.69 Å². The van der Waals surface area contributed by atoms with Gasteiger partial charge in [-0.3, -0.25) is 14.9 Å². The van der Waals surface area contributed by atoms with Crippen molar-refractivity contribution in [2.75, 3.05) is 17.3 Å². The molecule has 3 rings (SSSR count). The number of nitrogens with zero attached hydrogens (tertiary/aromatic N) is 2. The fourth-order valence-corrected chi connectivity index (χ4v) is 3.64. The van der Waals surface area contributed by atoms with Crippen LogP contribution in [0, 0.1) is 10.1 Å². The van der Waals surface area contributed by atoms with E-state index in [9.17, 15) is 14.9 Å². The summed E-state index contributed by atoms with van der Waals surface area (Å²) in [5.41, 5.74) is 4.35. The van der Waals surface area contributed by atoms with Crippen molar-refractivity contribution in [3.05, 3.63) is 69.8 Å². The van der Waals surface area contributed by atoms with E-state index in [0.717, 1.165) is 28.4 Å². The van der Waals surface area contributed by atoms with Crippen molar-refractivity contribution >= 4 is 41.3 Å². The Kier molecular flexibility index (Phi) is 7.32. The van der Waals surface area contributed by atoms with Gasteiger partial charge >= 0.3 is 0 Å². The molecule has 0 atom stereocenters. The second-order valence-electron chi connectivity index (χ2n) is 6.06. The summed E-state index contributed by atoms with van der Waals surface area (Å²) in [7, 11) is 0. The smallest absolute Gasteiger partial charge is 0.269 e. The minimum Gasteiger partial charge on any atom is -0.489 e. The van der Waals surface area contributed by atoms with E-state index in [1.54, 1.807) is 18.3 Å². The number of nitro groups is 1. The monoisotopic (exact) mass is 417 g/mol. The van der Waals surface area contributed by atoms with E-state index >= 15 is 0 Å². The standard InChI is InChI=1S/C19H19N3O4S2/c23-19(13-27-10-15-1-5-16(6-2-15)22(24)25)21-20-9-14-3-7-17(8-4-14)26-18-11-28-12-18/h1-9,18H,10-13H2,(H,21,23)/b20-9-. The third-order valence-electron chi connectivity index (χ3n) is 3.84. The maximum atomic E-state index is 11.8. The number of amides is 1. The molecule has 2 aromatic carbocycles. The molecule has 0 bridgehead atoms. The van der Waals surface area contributed by atoms with Crippen LogP contribution in [0.4, 0.5) is 5.69 Å². The van der Waals surface area contributed by atoms with Gasteiger partial charge in [0, 0.05) is 29.4 Å². The molecule has 0 spiro atoms. The summed E-state index contributed by atoms with van der Waals surface area (Å²) in [6, 6.07) is 13.9. The number of carbonyl (C=O) groups is 1. The topological polar surface area (TPSA) is 93.8 Å². The first-order valence-corrected chi connectivity index (χ1v) is 10.9. The number of hydrogen-bond acceptors (Lipinski definition) is 7. The van der Waals surface area contributed by atoms with Crippen molar-refractivity contribution in [3.8, 4) is 5.75 Å². The molecular formula is C19H19N3O4S2. The van der Waals surface area contributed by atoms with Crippen LogP contribution in [-0.2, 0) is 10.5 Å². The summed E-state index contributed by atoms with van der Waals surface area (Å²) in [5, 5.41) is 14.6. The normalized spacial score (nSPS) is 13.9. The van der Waals surface area contributed by atoms with E-state index in [0.29, 0.717) is 11.9 Å². The summed E-state index contributed by atoms with van der Waals surface area (Å²) >= 11 is 3.29. The third-order valence-corrected chi connectivity index (χ3v) is 6.06. The van der Waals surface area contributed by atoms with E-state index < -0.39 is 4.92 Å². The summed E-state index contributed by atoms with van der Waals surface area (Å²) in [5.74, 6) is 3.56. The molecule has 7 nitrogen and oxygen atoms in total. The number of benzene rings is 2. The van der Waals surface area contributed by atoms with Gasteiger partial charge in [-0.15, -0.1) is 11.8 Å². The summed E-state index contributed by atoms with van der Waals surface area (Å²) in [6.07, 6.45) is 1.90. The number of thioether (sulfide) groups is 2. The molecule has 1 heterocycles. The zero-order valence-electron chi connectivity index (χ0n) is 14.9. The molecule has 1 amide bonds. The first-order valence-electron chi connectivity index (χ1n) is 8.57. The quantitative estimate of drug-likeness (QED) is 0.381. The summed E-state index contributed by atoms with van der Waals surface area (Å²) in [4.78, 5) is 22.0. The minimum absolute atomic E-state index is 0.0578. The van der Waals surface area contributed by atoms with Crippen LogP contribution in [0.15, 0.2) is 53.6 Å². The fraction of sp³-hybridized carbons (Fsp3) is 0.263. The Morgan fingerprint density at radius 1 is 1.25 bits per heavy atom. The number of rotatable bonds is 9. The molecule has 0 saturated carbocycles. The first-order chi connectivity index (χ1) is 13.6. The molecule has 1 aliphatic rings. The number of carbonyl (C=O) groups excluding carboxylic acids is 1. The fourth-order valence-electron chi connectivity index (χ4n) is 2.29. The number of non-ortho nitro benzene ring substituents is 1. The van der Waals surface area contributed by atoms with E-state index in [4.69, 9.17) is 4.74 Å². The molecule has 1 saturated heterocycles. The van der Waals surface area contributed by atoms with E-state index in [1.165, 1.54) is 23.9 Å². The van der Waals surface area contributed by atoms with Crippen molar-refractivity contribution in [1.82, 2.24) is 5.43 Å². The lowest BCUT2D eigenvalue weighted by Gasteiger charge is -2.25. The highest BCUT2D eigenvalue weighted by molar-refractivity contribution is 8.00. The zero-order chi connectivity index (χ0) is 19.8. The highest BCUT2D eigenvalue weighted by atomic mass is 32.2. The van der Waals surface area contributed by atoms with Crippen LogP contribution in [0.1, 0.15) is 11.1 Å². The molecule has 1 N–H and O–H groups in total. The van der Waals surface area contributed by atoms with Gasteiger partial charge in [-0.2, -0.15) is 16.9 Å². The third kappa shape index (κ3) is 6.28. The molecule has 0 radical (unpaired) electrons. The van der Waals surface area contributed by atoms with Crippen molar-refractivity contribution in [2.45, 2.75) is 11.9 Å².